The molecule has 0 aliphatic rings. The van der Waals surface area contributed by atoms with Crippen molar-refractivity contribution >= 4 is 24.0 Å². The lowest BCUT2D eigenvalue weighted by atomic mass is 10.0. The largest absolute Gasteiger partial charge is 0.416 e. The van der Waals surface area contributed by atoms with Gasteiger partial charge in [0.05, 0.1) is 11.6 Å². The number of rotatable bonds is 2. The van der Waals surface area contributed by atoms with E-state index in [4.69, 9.17) is 17.3 Å². The molecule has 0 spiro atoms. The second-order valence-electron chi connectivity index (χ2n) is 2.96. The molecule has 16 heavy (non-hydrogen) atoms. The van der Waals surface area contributed by atoms with E-state index in [1.54, 1.807) is 0 Å². The highest BCUT2D eigenvalue weighted by atomic mass is 35.5. The summed E-state index contributed by atoms with van der Waals surface area (Å²) in [4.78, 5) is 0. The molecule has 1 rings (SSSR count). The van der Waals surface area contributed by atoms with E-state index in [1.807, 2.05) is 0 Å². The third-order valence-electron chi connectivity index (χ3n) is 1.90. The van der Waals surface area contributed by atoms with E-state index in [9.17, 15) is 17.6 Å². The Morgan fingerprint density at radius 3 is 2.31 bits per heavy atom. The molecule has 1 nitrogen and oxygen atoms in total. The summed E-state index contributed by atoms with van der Waals surface area (Å²) in [5, 5.41) is -0.171. The molecule has 0 aliphatic carbocycles. The highest BCUT2D eigenvalue weighted by Gasteiger charge is 2.35. The molecule has 1 atom stereocenters. The molecule has 0 radical (unpaired) electrons. The summed E-state index contributed by atoms with van der Waals surface area (Å²) in [6, 6.07) is 1.88. The Morgan fingerprint density at radius 2 is 1.88 bits per heavy atom. The van der Waals surface area contributed by atoms with E-state index in [1.165, 1.54) is 6.07 Å². The third-order valence-corrected chi connectivity index (χ3v) is 2.22. The summed E-state index contributed by atoms with van der Waals surface area (Å²) in [5.74, 6) is 0. The fourth-order valence-electron chi connectivity index (χ4n) is 1.24. The number of benzene rings is 1. The lowest BCUT2D eigenvalue weighted by Gasteiger charge is -2.17. The molecule has 0 fully saturated rings. The van der Waals surface area contributed by atoms with Gasteiger partial charge in [0, 0.05) is 10.6 Å². The monoisotopic (exact) mass is 277 g/mol. The van der Waals surface area contributed by atoms with Crippen molar-refractivity contribution in [2.75, 3.05) is 6.67 Å². The lowest BCUT2D eigenvalue weighted by molar-refractivity contribution is -0.138. The van der Waals surface area contributed by atoms with Gasteiger partial charge in [0.15, 0.2) is 0 Å². The average molecular weight is 278 g/mol. The number of nitrogens with two attached hydrogens (primary N) is 1. The zero-order valence-electron chi connectivity index (χ0n) is 7.89. The predicted octanol–water partition coefficient (Wildman–Crippen LogP) is 3.75. The number of alkyl halides is 4. The first-order valence-corrected chi connectivity index (χ1v) is 4.43. The van der Waals surface area contributed by atoms with Crippen molar-refractivity contribution in [2.45, 2.75) is 12.2 Å². The van der Waals surface area contributed by atoms with Crippen molar-refractivity contribution in [2.24, 2.45) is 5.73 Å². The maximum atomic E-state index is 12.5. The van der Waals surface area contributed by atoms with Crippen LogP contribution in [0.1, 0.15) is 17.2 Å². The van der Waals surface area contributed by atoms with E-state index in [0.29, 0.717) is 0 Å². The van der Waals surface area contributed by atoms with Gasteiger partial charge in [-0.3, -0.25) is 0 Å². The van der Waals surface area contributed by atoms with Gasteiger partial charge in [-0.25, -0.2) is 4.39 Å². The predicted molar refractivity (Wildman–Crippen MR) is 56.6 cm³/mol. The number of halogens is 6. The highest BCUT2D eigenvalue weighted by Crippen LogP contribution is 2.37. The van der Waals surface area contributed by atoms with Crippen LogP contribution in [0, 0.1) is 0 Å². The molecule has 0 bridgehead atoms. The molecule has 0 aromatic heterocycles. The van der Waals surface area contributed by atoms with Crippen LogP contribution in [0.3, 0.4) is 0 Å². The van der Waals surface area contributed by atoms with Gasteiger partial charge in [0.2, 0.25) is 0 Å². The molecular formula is C9H9Cl2F4N. The standard InChI is InChI=1S/C9H8ClF4N.ClH/c10-6-3-1-2-5(9(12,13)14)8(6)7(15)4-11;/h1-3,7H,4,15H2;1H/t7-;/m1./s1. The lowest BCUT2D eigenvalue weighted by Crippen LogP contribution is -2.19. The van der Waals surface area contributed by atoms with Gasteiger partial charge < -0.3 is 5.73 Å². The van der Waals surface area contributed by atoms with Gasteiger partial charge in [0.1, 0.15) is 6.67 Å². The fraction of sp³-hybridized carbons (Fsp3) is 0.333. The smallest absolute Gasteiger partial charge is 0.322 e. The van der Waals surface area contributed by atoms with Crippen LogP contribution in [0.15, 0.2) is 18.2 Å². The van der Waals surface area contributed by atoms with Crippen molar-refractivity contribution in [1.29, 1.82) is 0 Å². The Kier molecular flexibility index (Phi) is 5.52. The summed E-state index contributed by atoms with van der Waals surface area (Å²) in [6.45, 7) is -1.09. The molecule has 92 valence electrons. The van der Waals surface area contributed by atoms with Gasteiger partial charge in [-0.15, -0.1) is 12.4 Å². The molecule has 0 saturated carbocycles. The summed E-state index contributed by atoms with van der Waals surface area (Å²) >= 11 is 5.56. The van der Waals surface area contributed by atoms with E-state index in [2.05, 4.69) is 0 Å². The number of hydrogen-bond donors (Lipinski definition) is 1. The SMILES string of the molecule is Cl.N[C@H](CF)c1c(Cl)cccc1C(F)(F)F. The van der Waals surface area contributed by atoms with Crippen LogP contribution >= 0.6 is 24.0 Å². The Labute approximate surface area is 101 Å². The van der Waals surface area contributed by atoms with Crippen molar-refractivity contribution in [3.05, 3.63) is 34.3 Å². The molecule has 1 aromatic rings. The molecule has 0 heterocycles. The van der Waals surface area contributed by atoms with E-state index in [-0.39, 0.29) is 17.4 Å². The first kappa shape index (κ1) is 15.5. The van der Waals surface area contributed by atoms with E-state index < -0.39 is 30.0 Å². The third kappa shape index (κ3) is 3.23. The second-order valence-corrected chi connectivity index (χ2v) is 3.37. The van der Waals surface area contributed by atoms with Crippen molar-refractivity contribution in [3.8, 4) is 0 Å². The highest BCUT2D eigenvalue weighted by molar-refractivity contribution is 6.31. The summed E-state index contributed by atoms with van der Waals surface area (Å²) < 4.78 is 49.7. The van der Waals surface area contributed by atoms with Crippen molar-refractivity contribution in [1.82, 2.24) is 0 Å². The summed E-state index contributed by atoms with van der Waals surface area (Å²) in [5.41, 5.74) is 3.85. The Balaban J connectivity index is 0.00000225. The van der Waals surface area contributed by atoms with Crippen LogP contribution in [-0.2, 0) is 6.18 Å². The molecule has 0 amide bonds. The van der Waals surface area contributed by atoms with Crippen molar-refractivity contribution in [3.63, 3.8) is 0 Å². The quantitative estimate of drug-likeness (QED) is 0.819. The van der Waals surface area contributed by atoms with Gasteiger partial charge in [0.25, 0.3) is 0 Å². The fourth-order valence-corrected chi connectivity index (χ4v) is 1.55. The van der Waals surface area contributed by atoms with Gasteiger partial charge >= 0.3 is 6.18 Å². The second kappa shape index (κ2) is 5.70. The van der Waals surface area contributed by atoms with Crippen LogP contribution in [0.25, 0.3) is 0 Å². The normalized spacial score (nSPS) is 13.1. The first-order chi connectivity index (χ1) is 6.88. The van der Waals surface area contributed by atoms with Gasteiger partial charge in [-0.2, -0.15) is 13.2 Å². The van der Waals surface area contributed by atoms with Crippen molar-refractivity contribution < 1.29 is 17.6 Å². The maximum Gasteiger partial charge on any atom is 0.416 e. The zero-order valence-corrected chi connectivity index (χ0v) is 9.46. The molecule has 1 aromatic carbocycles. The van der Waals surface area contributed by atoms with E-state index >= 15 is 0 Å². The first-order valence-electron chi connectivity index (χ1n) is 4.05. The number of hydrogen-bond acceptors (Lipinski definition) is 1. The topological polar surface area (TPSA) is 26.0 Å². The molecule has 7 heteroatoms. The molecule has 0 aliphatic heterocycles. The molecule has 0 saturated heterocycles. The van der Waals surface area contributed by atoms with Crippen LogP contribution in [0.4, 0.5) is 17.6 Å². The van der Waals surface area contributed by atoms with Gasteiger partial charge in [-0.05, 0) is 12.1 Å². The average Bonchev–Trinajstić information content (AvgIpc) is 2.15. The maximum absolute atomic E-state index is 12.5. The minimum absolute atomic E-state index is 0. The Bertz CT molecular complexity index is 354. The zero-order chi connectivity index (χ0) is 11.6. The molecular weight excluding hydrogens is 269 g/mol. The van der Waals surface area contributed by atoms with Crippen LogP contribution in [0.2, 0.25) is 5.02 Å². The summed E-state index contributed by atoms with van der Waals surface area (Å²) in [7, 11) is 0. The minimum Gasteiger partial charge on any atom is -0.322 e. The van der Waals surface area contributed by atoms with E-state index in [0.717, 1.165) is 12.1 Å². The van der Waals surface area contributed by atoms with Crippen LogP contribution in [-0.4, -0.2) is 6.67 Å². The van der Waals surface area contributed by atoms with Crippen LogP contribution < -0.4 is 5.73 Å². The van der Waals surface area contributed by atoms with Gasteiger partial charge in [-0.1, -0.05) is 17.7 Å². The molecule has 0 unspecified atom stereocenters. The Hall–Kier alpha value is -0.520. The Morgan fingerprint density at radius 1 is 1.31 bits per heavy atom. The molecule has 2 N–H and O–H groups in total. The minimum atomic E-state index is -4.58. The van der Waals surface area contributed by atoms with Crippen LogP contribution in [0.5, 0.6) is 0 Å². The summed E-state index contributed by atoms with van der Waals surface area (Å²) in [6.07, 6.45) is -4.58.